The molecule has 1 atom stereocenters. The Morgan fingerprint density at radius 3 is 2.84 bits per heavy atom. The second-order valence-corrected chi connectivity index (χ2v) is 5.04. The normalized spacial score (nSPS) is 11.7. The first kappa shape index (κ1) is 15.5. The van der Waals surface area contributed by atoms with Crippen molar-refractivity contribution in [2.45, 2.75) is 25.8 Å². The highest BCUT2D eigenvalue weighted by Gasteiger charge is 2.10. The Morgan fingerprint density at radius 1 is 1.47 bits per heavy atom. The van der Waals surface area contributed by atoms with E-state index in [0.29, 0.717) is 5.75 Å². The number of nitrogens with one attached hydrogen (secondary N) is 1. The third kappa shape index (κ3) is 6.81. The smallest absolute Gasteiger partial charge is 0.305 e. The number of carbonyl (C=O) groups is 2. The van der Waals surface area contributed by atoms with Gasteiger partial charge < -0.3 is 15.2 Å². The number of aliphatic carboxylic acids is 1. The van der Waals surface area contributed by atoms with Crippen molar-refractivity contribution < 1.29 is 19.4 Å². The molecule has 0 radical (unpaired) electrons. The molecule has 0 saturated heterocycles. The van der Waals surface area contributed by atoms with E-state index in [1.54, 1.807) is 13.0 Å². The molecule has 0 aromatic heterocycles. The molecule has 1 aromatic carbocycles. The Hall–Kier alpha value is -1.56. The fourth-order valence-electron chi connectivity index (χ4n) is 1.48. The van der Waals surface area contributed by atoms with E-state index in [9.17, 15) is 9.59 Å². The van der Waals surface area contributed by atoms with E-state index < -0.39 is 5.97 Å². The Balaban J connectivity index is 2.25. The molecule has 0 heterocycles. The second-order valence-electron chi connectivity index (χ2n) is 4.12. The Kier molecular flexibility index (Phi) is 6.35. The molecule has 2 N–H and O–H groups in total. The van der Waals surface area contributed by atoms with Crippen LogP contribution in [-0.2, 0) is 9.59 Å². The fraction of sp³-hybridized carbons (Fsp3) is 0.385. The SMILES string of the molecule is CC(CC(=O)O)NC(=O)CCOc1cccc(Br)c1. The molecular weight excluding hydrogens is 314 g/mol. The number of amides is 1. The van der Waals surface area contributed by atoms with Crippen molar-refractivity contribution >= 4 is 27.8 Å². The maximum Gasteiger partial charge on any atom is 0.305 e. The number of hydrogen-bond acceptors (Lipinski definition) is 3. The highest BCUT2D eigenvalue weighted by molar-refractivity contribution is 9.10. The first-order valence-electron chi connectivity index (χ1n) is 5.87. The van der Waals surface area contributed by atoms with Gasteiger partial charge in [0.2, 0.25) is 5.91 Å². The zero-order valence-corrected chi connectivity index (χ0v) is 12.1. The van der Waals surface area contributed by atoms with Crippen molar-refractivity contribution in [3.8, 4) is 5.75 Å². The van der Waals surface area contributed by atoms with Crippen LogP contribution in [-0.4, -0.2) is 29.6 Å². The minimum Gasteiger partial charge on any atom is -0.493 e. The van der Waals surface area contributed by atoms with Crippen LogP contribution in [0.15, 0.2) is 28.7 Å². The largest absolute Gasteiger partial charge is 0.493 e. The summed E-state index contributed by atoms with van der Waals surface area (Å²) in [6.07, 6.45) is 0.106. The molecule has 0 bridgehead atoms. The summed E-state index contributed by atoms with van der Waals surface area (Å²) in [6, 6.07) is 6.96. The summed E-state index contributed by atoms with van der Waals surface area (Å²) < 4.78 is 6.32. The summed E-state index contributed by atoms with van der Waals surface area (Å²) in [6.45, 7) is 1.91. The van der Waals surface area contributed by atoms with Crippen LogP contribution >= 0.6 is 15.9 Å². The molecule has 0 fully saturated rings. The van der Waals surface area contributed by atoms with Crippen molar-refractivity contribution in [2.24, 2.45) is 0 Å². The Labute approximate surface area is 120 Å². The van der Waals surface area contributed by atoms with Gasteiger partial charge in [-0.25, -0.2) is 0 Å². The van der Waals surface area contributed by atoms with Crippen LogP contribution in [0, 0.1) is 0 Å². The van der Waals surface area contributed by atoms with Crippen LogP contribution in [0.2, 0.25) is 0 Å². The second kappa shape index (κ2) is 7.78. The van der Waals surface area contributed by atoms with E-state index in [2.05, 4.69) is 21.2 Å². The molecular formula is C13H16BrNO4. The van der Waals surface area contributed by atoms with Gasteiger partial charge in [-0.2, -0.15) is 0 Å². The Morgan fingerprint density at radius 2 is 2.21 bits per heavy atom. The van der Waals surface area contributed by atoms with Crippen molar-refractivity contribution in [3.63, 3.8) is 0 Å². The molecule has 104 valence electrons. The van der Waals surface area contributed by atoms with Gasteiger partial charge >= 0.3 is 5.97 Å². The van der Waals surface area contributed by atoms with Crippen LogP contribution in [0.4, 0.5) is 0 Å². The van der Waals surface area contributed by atoms with Crippen LogP contribution in [0.1, 0.15) is 19.8 Å². The average molecular weight is 330 g/mol. The summed E-state index contributed by atoms with van der Waals surface area (Å²) in [5.74, 6) is -0.470. The van der Waals surface area contributed by atoms with Gasteiger partial charge in [0.05, 0.1) is 19.4 Å². The van der Waals surface area contributed by atoms with E-state index in [0.717, 1.165) is 4.47 Å². The first-order chi connectivity index (χ1) is 8.97. The number of carboxylic acid groups (broad SMARTS) is 1. The van der Waals surface area contributed by atoms with Gasteiger partial charge in [0.1, 0.15) is 5.75 Å². The van der Waals surface area contributed by atoms with Crippen molar-refractivity contribution in [3.05, 3.63) is 28.7 Å². The molecule has 1 aromatic rings. The number of rotatable bonds is 7. The average Bonchev–Trinajstić information content (AvgIpc) is 2.27. The van der Waals surface area contributed by atoms with Crippen molar-refractivity contribution in [1.82, 2.24) is 5.32 Å². The first-order valence-corrected chi connectivity index (χ1v) is 6.66. The predicted molar refractivity (Wildman–Crippen MR) is 74.1 cm³/mol. The van der Waals surface area contributed by atoms with Crippen LogP contribution < -0.4 is 10.1 Å². The summed E-state index contributed by atoms with van der Waals surface area (Å²) in [5.41, 5.74) is 0. The maximum atomic E-state index is 11.5. The van der Waals surface area contributed by atoms with E-state index in [4.69, 9.17) is 9.84 Å². The molecule has 5 nitrogen and oxygen atoms in total. The molecule has 0 aliphatic carbocycles. The van der Waals surface area contributed by atoms with Crippen molar-refractivity contribution in [1.29, 1.82) is 0 Å². The van der Waals surface area contributed by atoms with Crippen molar-refractivity contribution in [2.75, 3.05) is 6.61 Å². The molecule has 1 amide bonds. The monoisotopic (exact) mass is 329 g/mol. The minimum absolute atomic E-state index is 0.0851. The molecule has 0 aliphatic heterocycles. The lowest BCUT2D eigenvalue weighted by atomic mass is 10.2. The molecule has 19 heavy (non-hydrogen) atoms. The molecule has 0 aliphatic rings. The van der Waals surface area contributed by atoms with Gasteiger partial charge in [-0.3, -0.25) is 9.59 Å². The van der Waals surface area contributed by atoms with Crippen LogP contribution in [0.5, 0.6) is 5.75 Å². The van der Waals surface area contributed by atoms with Gasteiger partial charge in [0.25, 0.3) is 0 Å². The molecule has 0 spiro atoms. The van der Waals surface area contributed by atoms with Gasteiger partial charge in [-0.05, 0) is 25.1 Å². The lowest BCUT2D eigenvalue weighted by molar-refractivity contribution is -0.137. The Bertz CT molecular complexity index is 450. The van der Waals surface area contributed by atoms with E-state index in [1.165, 1.54) is 0 Å². The molecule has 1 unspecified atom stereocenters. The number of ether oxygens (including phenoxy) is 1. The predicted octanol–water partition coefficient (Wildman–Crippen LogP) is 2.20. The minimum atomic E-state index is -0.932. The molecule has 1 rings (SSSR count). The summed E-state index contributed by atoms with van der Waals surface area (Å²) in [7, 11) is 0. The number of halogens is 1. The van der Waals surface area contributed by atoms with E-state index >= 15 is 0 Å². The number of benzene rings is 1. The molecule has 6 heteroatoms. The molecule has 0 saturated carbocycles. The highest BCUT2D eigenvalue weighted by atomic mass is 79.9. The zero-order valence-electron chi connectivity index (χ0n) is 10.6. The number of carbonyl (C=O) groups excluding carboxylic acids is 1. The lowest BCUT2D eigenvalue weighted by Crippen LogP contribution is -2.34. The van der Waals surface area contributed by atoms with E-state index in [-0.39, 0.29) is 31.4 Å². The standard InChI is InChI=1S/C13H16BrNO4/c1-9(7-13(17)18)15-12(16)5-6-19-11-4-2-3-10(14)8-11/h2-4,8-9H,5-7H2,1H3,(H,15,16)(H,17,18). The van der Waals surface area contributed by atoms with Gasteiger partial charge in [0, 0.05) is 10.5 Å². The topological polar surface area (TPSA) is 75.6 Å². The van der Waals surface area contributed by atoms with Crippen LogP contribution in [0.3, 0.4) is 0 Å². The fourth-order valence-corrected chi connectivity index (χ4v) is 1.86. The van der Waals surface area contributed by atoms with Gasteiger partial charge in [-0.15, -0.1) is 0 Å². The summed E-state index contributed by atoms with van der Waals surface area (Å²) >= 11 is 3.32. The van der Waals surface area contributed by atoms with Gasteiger partial charge in [-0.1, -0.05) is 22.0 Å². The maximum absolute atomic E-state index is 11.5. The van der Waals surface area contributed by atoms with Gasteiger partial charge in [0.15, 0.2) is 0 Å². The third-order valence-electron chi connectivity index (χ3n) is 2.28. The van der Waals surface area contributed by atoms with Crippen LogP contribution in [0.25, 0.3) is 0 Å². The lowest BCUT2D eigenvalue weighted by Gasteiger charge is -2.12. The quantitative estimate of drug-likeness (QED) is 0.804. The van der Waals surface area contributed by atoms with E-state index in [1.807, 2.05) is 18.2 Å². The number of carboxylic acids is 1. The summed E-state index contributed by atoms with van der Waals surface area (Å²) in [4.78, 5) is 21.9. The zero-order chi connectivity index (χ0) is 14.3. The number of hydrogen-bond donors (Lipinski definition) is 2. The summed E-state index contributed by atoms with van der Waals surface area (Å²) in [5, 5.41) is 11.2. The highest BCUT2D eigenvalue weighted by Crippen LogP contribution is 2.17. The third-order valence-corrected chi connectivity index (χ3v) is 2.78.